The molecule has 0 amide bonds. The molecule has 4 rings (SSSR count). The quantitative estimate of drug-likeness (QED) is 0.271. The van der Waals surface area contributed by atoms with Crippen LogP contribution in [0.25, 0.3) is 22.1 Å². The number of phenolic OH excluding ortho intramolecular Hbond substituents is 2. The van der Waals surface area contributed by atoms with E-state index in [9.17, 15) is 19.8 Å². The predicted molar refractivity (Wildman–Crippen MR) is 130 cm³/mol. The molecule has 0 radical (unpaired) electrons. The lowest BCUT2D eigenvalue weighted by atomic mass is 10.0. The lowest BCUT2D eigenvalue weighted by Crippen LogP contribution is -2.35. The second-order valence-electron chi connectivity index (χ2n) is 8.52. The summed E-state index contributed by atoms with van der Waals surface area (Å²) in [6.07, 6.45) is 6.95. The van der Waals surface area contributed by atoms with Crippen LogP contribution in [0.15, 0.2) is 64.0 Å². The van der Waals surface area contributed by atoms with Gasteiger partial charge in [-0.3, -0.25) is 9.59 Å². The number of fused-ring (bicyclic) bond motifs is 1. The van der Waals surface area contributed by atoms with Crippen LogP contribution < -0.4 is 10.2 Å². The van der Waals surface area contributed by atoms with Crippen LogP contribution in [0.3, 0.4) is 0 Å². The monoisotopic (exact) mass is 480 g/mol. The highest BCUT2D eigenvalue weighted by molar-refractivity contribution is 5.88. The summed E-state index contributed by atoms with van der Waals surface area (Å²) in [7, 11) is 0. The fourth-order valence-electron chi connectivity index (χ4n) is 4.05. The predicted octanol–water partition coefficient (Wildman–Crippen LogP) is 4.70. The number of unbranched alkanes of at least 4 members (excludes halogenated alkanes) is 1. The summed E-state index contributed by atoms with van der Waals surface area (Å²) < 4.78 is 22.5. The number of rotatable bonds is 8. The number of carbonyl (C=O) groups excluding carboxylic acids is 1. The van der Waals surface area contributed by atoms with Gasteiger partial charge in [0.05, 0.1) is 24.4 Å². The molecule has 35 heavy (non-hydrogen) atoms. The van der Waals surface area contributed by atoms with Gasteiger partial charge in [-0.15, -0.1) is 0 Å². The number of phenols is 2. The number of carbonyl (C=O) groups is 1. The van der Waals surface area contributed by atoms with Gasteiger partial charge in [-0.25, -0.2) is 0 Å². The van der Waals surface area contributed by atoms with Crippen molar-refractivity contribution in [2.45, 2.75) is 51.4 Å². The molecule has 0 bridgehead atoms. The summed E-state index contributed by atoms with van der Waals surface area (Å²) >= 11 is 0. The second-order valence-corrected chi connectivity index (χ2v) is 8.52. The van der Waals surface area contributed by atoms with E-state index >= 15 is 0 Å². The fraction of sp³-hybridized carbons (Fsp3) is 0.333. The third-order valence-electron chi connectivity index (χ3n) is 5.83. The molecular weight excluding hydrogens is 452 g/mol. The van der Waals surface area contributed by atoms with Gasteiger partial charge in [0.2, 0.25) is 5.43 Å². The van der Waals surface area contributed by atoms with Gasteiger partial charge in [0.25, 0.3) is 0 Å². The van der Waals surface area contributed by atoms with Gasteiger partial charge in [0, 0.05) is 19.1 Å². The first-order chi connectivity index (χ1) is 16.8. The van der Waals surface area contributed by atoms with Crippen molar-refractivity contribution in [2.75, 3.05) is 6.61 Å². The number of hydrogen-bond donors (Lipinski definition) is 2. The Labute approximate surface area is 202 Å². The van der Waals surface area contributed by atoms with Gasteiger partial charge in [0.1, 0.15) is 40.6 Å². The highest BCUT2D eigenvalue weighted by Gasteiger charge is 2.25. The molecule has 3 aromatic rings. The molecule has 8 heteroatoms. The molecular formula is C27H28O8. The van der Waals surface area contributed by atoms with E-state index in [4.69, 9.17) is 18.6 Å². The molecule has 0 saturated carbocycles. The molecule has 1 aromatic heterocycles. The van der Waals surface area contributed by atoms with Crippen LogP contribution in [-0.4, -0.2) is 41.1 Å². The van der Waals surface area contributed by atoms with Gasteiger partial charge in [-0.1, -0.05) is 18.2 Å². The minimum Gasteiger partial charge on any atom is -0.508 e. The van der Waals surface area contributed by atoms with E-state index in [1.807, 2.05) is 19.1 Å². The first kappa shape index (κ1) is 24.3. The number of hydrogen-bond acceptors (Lipinski definition) is 8. The van der Waals surface area contributed by atoms with Crippen molar-refractivity contribution in [1.82, 2.24) is 0 Å². The maximum atomic E-state index is 12.9. The van der Waals surface area contributed by atoms with Crippen LogP contribution in [0.5, 0.6) is 17.2 Å². The van der Waals surface area contributed by atoms with Gasteiger partial charge >= 0.3 is 5.97 Å². The van der Waals surface area contributed by atoms with Crippen LogP contribution in [-0.2, 0) is 14.3 Å². The van der Waals surface area contributed by atoms with Crippen molar-refractivity contribution in [1.29, 1.82) is 0 Å². The lowest BCUT2D eigenvalue weighted by Gasteiger charge is -2.29. The first-order valence-electron chi connectivity index (χ1n) is 11.5. The third kappa shape index (κ3) is 5.84. The average Bonchev–Trinajstić information content (AvgIpc) is 2.81. The molecule has 0 aliphatic carbocycles. The van der Waals surface area contributed by atoms with Gasteiger partial charge in [-0.05, 0) is 50.0 Å². The Bertz CT molecular complexity index is 1270. The Morgan fingerprint density at radius 3 is 2.57 bits per heavy atom. The molecule has 0 unspecified atom stereocenters. The highest BCUT2D eigenvalue weighted by atomic mass is 16.6. The van der Waals surface area contributed by atoms with Crippen molar-refractivity contribution in [2.24, 2.45) is 0 Å². The van der Waals surface area contributed by atoms with Crippen molar-refractivity contribution >= 4 is 16.9 Å². The molecule has 2 aromatic carbocycles. The Balaban J connectivity index is 1.33. The largest absolute Gasteiger partial charge is 0.508 e. The first-order valence-corrected chi connectivity index (χ1v) is 11.5. The minimum atomic E-state index is -0.369. The average molecular weight is 481 g/mol. The van der Waals surface area contributed by atoms with Crippen molar-refractivity contribution in [3.63, 3.8) is 0 Å². The highest BCUT2D eigenvalue weighted by Crippen LogP contribution is 2.31. The van der Waals surface area contributed by atoms with Crippen molar-refractivity contribution < 1.29 is 33.6 Å². The molecule has 0 spiro atoms. The van der Waals surface area contributed by atoms with E-state index in [-0.39, 0.29) is 57.7 Å². The van der Waals surface area contributed by atoms with Crippen LogP contribution >= 0.6 is 0 Å². The zero-order valence-corrected chi connectivity index (χ0v) is 19.6. The molecule has 2 heterocycles. The van der Waals surface area contributed by atoms with E-state index in [0.717, 1.165) is 19.3 Å². The van der Waals surface area contributed by atoms with Gasteiger partial charge < -0.3 is 28.8 Å². The zero-order valence-electron chi connectivity index (χ0n) is 19.6. The van der Waals surface area contributed by atoms with Crippen LogP contribution in [0.4, 0.5) is 0 Å². The van der Waals surface area contributed by atoms with Crippen LogP contribution in [0, 0.1) is 0 Å². The molecule has 2 N–H and O–H groups in total. The van der Waals surface area contributed by atoms with Gasteiger partial charge in [0.15, 0.2) is 0 Å². The Morgan fingerprint density at radius 2 is 1.86 bits per heavy atom. The third-order valence-corrected chi connectivity index (χ3v) is 5.83. The standard InChI is InChI=1S/C27H28O8/c1-16-24(35-17(2)28)11-10-20(34-16)5-3-4-12-32-21-13-23(30)26-25(14-21)33-15-22(27(26)31)18-6-8-19(29)9-7-18/h6-11,13-16,20,24,29-30H,3-5,12H2,1-2H3/t16-,20-,24+/m0/s1. The molecule has 8 nitrogen and oxygen atoms in total. The topological polar surface area (TPSA) is 115 Å². The normalized spacial score (nSPS) is 19.5. The number of ether oxygens (including phenoxy) is 3. The maximum absolute atomic E-state index is 12.9. The molecule has 0 saturated heterocycles. The summed E-state index contributed by atoms with van der Waals surface area (Å²) in [4.78, 5) is 24.0. The fourth-order valence-corrected chi connectivity index (χ4v) is 4.05. The maximum Gasteiger partial charge on any atom is 0.303 e. The summed E-state index contributed by atoms with van der Waals surface area (Å²) in [5, 5.41) is 20.0. The number of esters is 1. The second kappa shape index (κ2) is 10.7. The van der Waals surface area contributed by atoms with Crippen LogP contribution in [0.1, 0.15) is 33.1 Å². The summed E-state index contributed by atoms with van der Waals surface area (Å²) in [6.45, 7) is 3.68. The zero-order chi connectivity index (χ0) is 24.9. The Kier molecular flexibility index (Phi) is 7.41. The van der Waals surface area contributed by atoms with E-state index < -0.39 is 0 Å². The minimum absolute atomic E-state index is 0.0430. The number of aromatic hydroxyl groups is 2. The summed E-state index contributed by atoms with van der Waals surface area (Å²) in [5.41, 5.74) is 0.719. The van der Waals surface area contributed by atoms with Crippen molar-refractivity contribution in [3.8, 4) is 28.4 Å². The van der Waals surface area contributed by atoms with Crippen molar-refractivity contribution in [3.05, 3.63) is 65.0 Å². The van der Waals surface area contributed by atoms with E-state index in [0.29, 0.717) is 17.9 Å². The molecule has 0 fully saturated rings. The lowest BCUT2D eigenvalue weighted by molar-refractivity contribution is -0.153. The Hall–Kier alpha value is -3.78. The van der Waals surface area contributed by atoms with E-state index in [2.05, 4.69) is 0 Å². The van der Waals surface area contributed by atoms with Gasteiger partial charge in [-0.2, -0.15) is 0 Å². The van der Waals surface area contributed by atoms with Crippen LogP contribution in [0.2, 0.25) is 0 Å². The smallest absolute Gasteiger partial charge is 0.303 e. The molecule has 1 aliphatic rings. The SMILES string of the molecule is CC(=O)O[C@@H]1C=C[C@H](CCCCOc2cc(O)c3c(=O)c(-c4ccc(O)cc4)coc3c2)O[C@H]1C. The summed E-state index contributed by atoms with van der Waals surface area (Å²) in [6, 6.07) is 9.16. The molecule has 3 atom stereocenters. The molecule has 184 valence electrons. The van der Waals surface area contributed by atoms with E-state index in [1.165, 1.54) is 31.4 Å². The molecule has 1 aliphatic heterocycles. The number of benzene rings is 2. The summed E-state index contributed by atoms with van der Waals surface area (Å²) in [5.74, 6) is -0.0534. The Morgan fingerprint density at radius 1 is 1.09 bits per heavy atom. The van der Waals surface area contributed by atoms with E-state index in [1.54, 1.807) is 18.2 Å².